The van der Waals surface area contributed by atoms with Crippen LogP contribution in [-0.4, -0.2) is 33.1 Å². The maximum atomic E-state index is 11.5. The van der Waals surface area contributed by atoms with Gasteiger partial charge < -0.3 is 20.5 Å². The van der Waals surface area contributed by atoms with Crippen molar-refractivity contribution in [1.29, 1.82) is 0 Å². The molecule has 8 nitrogen and oxygen atoms in total. The van der Waals surface area contributed by atoms with Crippen LogP contribution in [0, 0.1) is 0 Å². The Balaban J connectivity index is 1.34. The second kappa shape index (κ2) is 8.71. The maximum Gasteiger partial charge on any atom is 0.337 e. The van der Waals surface area contributed by atoms with Gasteiger partial charge in [-0.2, -0.15) is 0 Å². The number of methoxy groups -OCH3 is 1. The summed E-state index contributed by atoms with van der Waals surface area (Å²) in [5, 5.41) is 17.5. The van der Waals surface area contributed by atoms with Crippen molar-refractivity contribution in [2.75, 3.05) is 17.7 Å². The van der Waals surface area contributed by atoms with Gasteiger partial charge in [0.2, 0.25) is 0 Å². The molecule has 0 radical (unpaired) electrons. The van der Waals surface area contributed by atoms with Gasteiger partial charge in [0, 0.05) is 17.6 Å². The molecule has 9 heteroatoms. The summed E-state index contributed by atoms with van der Waals surface area (Å²) in [6.07, 6.45) is 1.37. The summed E-state index contributed by atoms with van der Waals surface area (Å²) >= 11 is 1.56. The van der Waals surface area contributed by atoms with Crippen molar-refractivity contribution in [3.8, 4) is 5.75 Å². The van der Waals surface area contributed by atoms with Gasteiger partial charge >= 0.3 is 5.97 Å². The number of aromatic nitrogens is 3. The van der Waals surface area contributed by atoms with Gasteiger partial charge in [0.1, 0.15) is 17.9 Å². The summed E-state index contributed by atoms with van der Waals surface area (Å²) in [6.45, 7) is 0.510. The summed E-state index contributed by atoms with van der Waals surface area (Å²) in [5.41, 5.74) is 3.42. The summed E-state index contributed by atoms with van der Waals surface area (Å²) in [4.78, 5) is 24.6. The Bertz CT molecular complexity index is 1480. The van der Waals surface area contributed by atoms with Gasteiger partial charge in [0.15, 0.2) is 5.13 Å². The van der Waals surface area contributed by atoms with Crippen molar-refractivity contribution in [2.24, 2.45) is 0 Å². The average Bonchev–Trinajstić information content (AvgIpc) is 3.23. The van der Waals surface area contributed by atoms with Gasteiger partial charge in [0.25, 0.3) is 0 Å². The predicted octanol–water partition coefficient (Wildman–Crippen LogP) is 5.30. The molecule has 5 aromatic rings. The molecule has 0 saturated carbocycles. The number of hydrogen-bond acceptors (Lipinski definition) is 8. The third kappa shape index (κ3) is 4.26. The second-order valence-corrected chi connectivity index (χ2v) is 8.29. The van der Waals surface area contributed by atoms with Crippen LogP contribution in [0.4, 0.5) is 16.6 Å². The number of para-hydroxylation sites is 1. The lowest BCUT2D eigenvalue weighted by molar-refractivity contribution is 0.0699. The Hall–Kier alpha value is -4.24. The molecule has 0 bridgehead atoms. The lowest BCUT2D eigenvalue weighted by Crippen LogP contribution is -2.05. The van der Waals surface area contributed by atoms with E-state index >= 15 is 0 Å². The van der Waals surface area contributed by atoms with Crippen LogP contribution in [-0.2, 0) is 6.54 Å². The van der Waals surface area contributed by atoms with Gasteiger partial charge in [-0.1, -0.05) is 29.5 Å². The summed E-state index contributed by atoms with van der Waals surface area (Å²) in [6, 6.07) is 18.8. The molecule has 164 valence electrons. The van der Waals surface area contributed by atoms with Crippen LogP contribution in [0.3, 0.4) is 0 Å². The zero-order chi connectivity index (χ0) is 22.8. The fourth-order valence-electron chi connectivity index (χ4n) is 3.55. The molecule has 0 aliphatic rings. The standard InChI is InChI=1S/C24H19N5O3S/c1-32-16-8-9-19-20(11-16)33-24(29-19)28-15-5-2-4-14(10-15)12-25-22-17-6-3-7-18(23(30)31)21(17)26-13-27-22/h2-11,13H,12H2,1H3,(H,28,29)(H,30,31)(H,25,26,27). The number of fused-ring (bicyclic) bond motifs is 2. The number of carboxylic acids is 1. The Morgan fingerprint density at radius 1 is 1.09 bits per heavy atom. The minimum absolute atomic E-state index is 0.151. The van der Waals surface area contributed by atoms with E-state index in [9.17, 15) is 9.90 Å². The minimum atomic E-state index is -1.02. The number of thiazole rings is 1. The first-order valence-corrected chi connectivity index (χ1v) is 10.9. The number of aromatic carboxylic acids is 1. The van der Waals surface area contributed by atoms with E-state index < -0.39 is 5.97 Å². The zero-order valence-corrected chi connectivity index (χ0v) is 18.4. The molecule has 2 aromatic heterocycles. The fraction of sp³-hybridized carbons (Fsp3) is 0.0833. The molecule has 3 N–H and O–H groups in total. The van der Waals surface area contributed by atoms with Gasteiger partial charge in [-0.3, -0.25) is 0 Å². The Morgan fingerprint density at radius 2 is 1.97 bits per heavy atom. The molecule has 0 atom stereocenters. The van der Waals surface area contributed by atoms with Crippen molar-refractivity contribution in [1.82, 2.24) is 15.0 Å². The smallest absolute Gasteiger partial charge is 0.337 e. The Morgan fingerprint density at radius 3 is 2.82 bits per heavy atom. The molecule has 0 aliphatic heterocycles. The number of benzene rings is 3. The van der Waals surface area contributed by atoms with Crippen molar-refractivity contribution in [2.45, 2.75) is 6.54 Å². The molecule has 3 aromatic carbocycles. The summed E-state index contributed by atoms with van der Waals surface area (Å²) < 4.78 is 6.33. The number of nitrogens with one attached hydrogen (secondary N) is 2. The van der Waals surface area contributed by atoms with Crippen LogP contribution >= 0.6 is 11.3 Å². The molecule has 0 fully saturated rings. The van der Waals surface area contributed by atoms with Crippen LogP contribution in [0.1, 0.15) is 15.9 Å². The number of ether oxygens (including phenoxy) is 1. The Kier molecular flexibility index (Phi) is 5.45. The highest BCUT2D eigenvalue weighted by Gasteiger charge is 2.12. The number of carbonyl (C=O) groups is 1. The lowest BCUT2D eigenvalue weighted by Gasteiger charge is -2.10. The quantitative estimate of drug-likeness (QED) is 0.302. The van der Waals surface area contributed by atoms with Crippen molar-refractivity contribution in [3.05, 3.63) is 78.1 Å². The maximum absolute atomic E-state index is 11.5. The molecule has 0 spiro atoms. The third-order valence-electron chi connectivity index (χ3n) is 5.13. The number of hydrogen-bond donors (Lipinski definition) is 3. The first-order valence-electron chi connectivity index (χ1n) is 10.1. The fourth-order valence-corrected chi connectivity index (χ4v) is 4.47. The number of rotatable bonds is 7. The van der Waals surface area contributed by atoms with Crippen LogP contribution < -0.4 is 15.4 Å². The first-order chi connectivity index (χ1) is 16.1. The van der Waals surface area contributed by atoms with Gasteiger partial charge in [-0.15, -0.1) is 0 Å². The van der Waals surface area contributed by atoms with E-state index in [1.54, 1.807) is 24.5 Å². The second-order valence-electron chi connectivity index (χ2n) is 7.26. The van der Waals surface area contributed by atoms with Gasteiger partial charge in [0.05, 0.1) is 28.4 Å². The average molecular weight is 458 g/mol. The Labute approximate surface area is 192 Å². The molecular weight excluding hydrogens is 438 g/mol. The van der Waals surface area contributed by atoms with Crippen LogP contribution in [0.5, 0.6) is 5.75 Å². The van der Waals surface area contributed by atoms with Gasteiger partial charge in [-0.25, -0.2) is 19.7 Å². The highest BCUT2D eigenvalue weighted by Crippen LogP contribution is 2.31. The summed E-state index contributed by atoms with van der Waals surface area (Å²) in [7, 11) is 1.65. The van der Waals surface area contributed by atoms with Crippen molar-refractivity contribution in [3.63, 3.8) is 0 Å². The third-order valence-corrected chi connectivity index (χ3v) is 6.06. The van der Waals surface area contributed by atoms with Crippen LogP contribution in [0.15, 0.2) is 67.0 Å². The molecule has 33 heavy (non-hydrogen) atoms. The molecule has 0 unspecified atom stereocenters. The van der Waals surface area contributed by atoms with Crippen LogP contribution in [0.25, 0.3) is 21.1 Å². The topological polar surface area (TPSA) is 109 Å². The molecule has 0 amide bonds. The highest BCUT2D eigenvalue weighted by molar-refractivity contribution is 7.22. The SMILES string of the molecule is COc1ccc2nc(Nc3cccc(CNc4ncnc5c(C(=O)O)cccc45)c3)sc2c1. The molecular formula is C24H19N5O3S. The van der Waals surface area contributed by atoms with E-state index in [-0.39, 0.29) is 5.56 Å². The predicted molar refractivity (Wildman–Crippen MR) is 130 cm³/mol. The zero-order valence-electron chi connectivity index (χ0n) is 17.6. The largest absolute Gasteiger partial charge is 0.497 e. The van der Waals surface area contributed by atoms with E-state index in [4.69, 9.17) is 4.74 Å². The van der Waals surface area contributed by atoms with Gasteiger partial charge in [-0.05, 0) is 48.0 Å². The van der Waals surface area contributed by atoms with E-state index in [2.05, 4.69) is 25.6 Å². The molecule has 2 heterocycles. The molecule has 0 saturated heterocycles. The molecule has 5 rings (SSSR count). The molecule has 0 aliphatic carbocycles. The monoisotopic (exact) mass is 457 g/mol. The van der Waals surface area contributed by atoms with E-state index in [1.807, 2.05) is 48.5 Å². The van der Waals surface area contributed by atoms with E-state index in [0.717, 1.165) is 32.3 Å². The van der Waals surface area contributed by atoms with Crippen molar-refractivity contribution >= 4 is 55.1 Å². The lowest BCUT2D eigenvalue weighted by atomic mass is 10.1. The first kappa shape index (κ1) is 20.7. The number of nitrogens with zero attached hydrogens (tertiary/aromatic N) is 3. The van der Waals surface area contributed by atoms with E-state index in [0.29, 0.717) is 23.3 Å². The highest BCUT2D eigenvalue weighted by atomic mass is 32.1. The normalized spacial score (nSPS) is 10.9. The minimum Gasteiger partial charge on any atom is -0.497 e. The number of carboxylic acid groups (broad SMARTS) is 1. The number of anilines is 3. The van der Waals surface area contributed by atoms with E-state index in [1.165, 1.54) is 12.4 Å². The van der Waals surface area contributed by atoms with Crippen molar-refractivity contribution < 1.29 is 14.6 Å². The summed E-state index contributed by atoms with van der Waals surface area (Å²) in [5.74, 6) is 0.373. The van der Waals surface area contributed by atoms with Crippen LogP contribution in [0.2, 0.25) is 0 Å².